The summed E-state index contributed by atoms with van der Waals surface area (Å²) >= 11 is 0. The summed E-state index contributed by atoms with van der Waals surface area (Å²) < 4.78 is 5.50. The maximum absolute atomic E-state index is 11.4. The quantitative estimate of drug-likeness (QED) is 0.598. The molecule has 0 saturated carbocycles. The molecule has 0 bridgehead atoms. The van der Waals surface area contributed by atoms with Crippen LogP contribution in [-0.2, 0) is 4.79 Å². The monoisotopic (exact) mass is 281 g/mol. The minimum absolute atomic E-state index is 0.0937. The van der Waals surface area contributed by atoms with Crippen LogP contribution in [0.2, 0.25) is 0 Å². The van der Waals surface area contributed by atoms with Gasteiger partial charge in [0, 0.05) is 6.07 Å². The van der Waals surface area contributed by atoms with Crippen molar-refractivity contribution in [2.24, 2.45) is 5.73 Å². The minimum Gasteiger partial charge on any atom is -0.484 e. The van der Waals surface area contributed by atoms with Gasteiger partial charge in [-0.1, -0.05) is 6.07 Å². The molecule has 0 radical (unpaired) electrons. The van der Waals surface area contributed by atoms with Crippen molar-refractivity contribution in [3.05, 3.63) is 33.4 Å². The molecule has 7 heteroatoms. The van der Waals surface area contributed by atoms with Gasteiger partial charge in [-0.15, -0.1) is 0 Å². The van der Waals surface area contributed by atoms with E-state index in [4.69, 9.17) is 10.5 Å². The molecule has 1 unspecified atom stereocenters. The molecule has 3 N–H and O–H groups in total. The third-order valence-electron chi connectivity index (χ3n) is 3.20. The van der Waals surface area contributed by atoms with Crippen LogP contribution in [0.15, 0.2) is 12.1 Å². The Bertz CT molecular complexity index is 545. The van der Waals surface area contributed by atoms with E-state index in [-0.39, 0.29) is 18.0 Å². The highest BCUT2D eigenvalue weighted by Gasteiger charge is 2.31. The van der Waals surface area contributed by atoms with Gasteiger partial charge in [0.25, 0.3) is 0 Å². The van der Waals surface area contributed by atoms with Gasteiger partial charge in [-0.25, -0.2) is 0 Å². The Balaban J connectivity index is 3.10. The van der Waals surface area contributed by atoms with Crippen LogP contribution in [0.5, 0.6) is 5.75 Å². The van der Waals surface area contributed by atoms with Crippen LogP contribution < -0.4 is 15.8 Å². The van der Waals surface area contributed by atoms with Crippen LogP contribution >= 0.6 is 0 Å². The number of hydrogen-bond donors (Lipinski definition) is 2. The summed E-state index contributed by atoms with van der Waals surface area (Å²) in [6, 6.07) is 3.21. The zero-order valence-corrected chi connectivity index (χ0v) is 12.0. The van der Waals surface area contributed by atoms with E-state index in [2.05, 4.69) is 5.32 Å². The fourth-order valence-electron chi connectivity index (χ4n) is 1.74. The first-order valence-corrected chi connectivity index (χ1v) is 6.08. The molecule has 0 saturated heterocycles. The number of nitrogens with two attached hydrogens (primary N) is 1. The largest absolute Gasteiger partial charge is 0.484 e. The highest BCUT2D eigenvalue weighted by molar-refractivity contribution is 5.84. The van der Waals surface area contributed by atoms with E-state index in [1.807, 2.05) is 0 Å². The molecule has 0 heterocycles. The lowest BCUT2D eigenvalue weighted by molar-refractivity contribution is -0.386. The summed E-state index contributed by atoms with van der Waals surface area (Å²) in [5.41, 5.74) is 5.49. The van der Waals surface area contributed by atoms with Crippen molar-refractivity contribution in [1.29, 1.82) is 0 Å². The normalized spacial score (nSPS) is 13.6. The maximum atomic E-state index is 11.4. The SMILES string of the molecule is CNC(C)(COc1c(C)cc(C)cc1[N+](=O)[O-])C(N)=O. The number of aryl methyl sites for hydroxylation is 2. The zero-order chi connectivity index (χ0) is 15.5. The van der Waals surface area contributed by atoms with Crippen molar-refractivity contribution in [3.63, 3.8) is 0 Å². The number of likely N-dealkylation sites (N-methyl/N-ethyl adjacent to an activating group) is 1. The van der Waals surface area contributed by atoms with Crippen molar-refractivity contribution in [2.75, 3.05) is 13.7 Å². The van der Waals surface area contributed by atoms with E-state index in [9.17, 15) is 14.9 Å². The first kappa shape index (κ1) is 15.9. The Hall–Kier alpha value is -2.15. The first-order valence-electron chi connectivity index (χ1n) is 6.08. The topological polar surface area (TPSA) is 107 Å². The second-order valence-electron chi connectivity index (χ2n) is 4.92. The second kappa shape index (κ2) is 5.87. The number of ether oxygens (including phenoxy) is 1. The molecule has 1 aromatic carbocycles. The number of nitrogens with zero attached hydrogens (tertiary/aromatic N) is 1. The molecule has 1 atom stereocenters. The molecule has 1 aromatic rings. The van der Waals surface area contributed by atoms with E-state index in [1.165, 1.54) is 6.07 Å². The van der Waals surface area contributed by atoms with Crippen LogP contribution in [-0.4, -0.2) is 30.0 Å². The smallest absolute Gasteiger partial charge is 0.311 e. The zero-order valence-electron chi connectivity index (χ0n) is 12.0. The molecule has 0 spiro atoms. The van der Waals surface area contributed by atoms with Crippen LogP contribution in [0, 0.1) is 24.0 Å². The molecule has 0 aromatic heterocycles. The second-order valence-corrected chi connectivity index (χ2v) is 4.92. The summed E-state index contributed by atoms with van der Waals surface area (Å²) in [6.07, 6.45) is 0. The van der Waals surface area contributed by atoms with Gasteiger partial charge in [0.05, 0.1) is 4.92 Å². The van der Waals surface area contributed by atoms with E-state index in [0.29, 0.717) is 5.56 Å². The molecule has 0 fully saturated rings. The molecule has 1 rings (SSSR count). The highest BCUT2D eigenvalue weighted by atomic mass is 16.6. The van der Waals surface area contributed by atoms with E-state index in [0.717, 1.165) is 5.56 Å². The molecular formula is C13H19N3O4. The number of nitro benzene ring substituents is 1. The lowest BCUT2D eigenvalue weighted by Crippen LogP contribution is -2.55. The van der Waals surface area contributed by atoms with Gasteiger partial charge in [0.15, 0.2) is 5.75 Å². The lowest BCUT2D eigenvalue weighted by atomic mass is 10.0. The Labute approximate surface area is 117 Å². The van der Waals surface area contributed by atoms with Gasteiger partial charge in [0.1, 0.15) is 12.1 Å². The van der Waals surface area contributed by atoms with Gasteiger partial charge < -0.3 is 15.8 Å². The fourth-order valence-corrected chi connectivity index (χ4v) is 1.74. The number of carbonyl (C=O) groups is 1. The molecule has 0 aliphatic rings. The average molecular weight is 281 g/mol. The third-order valence-corrected chi connectivity index (χ3v) is 3.20. The lowest BCUT2D eigenvalue weighted by Gasteiger charge is -2.25. The third kappa shape index (κ3) is 3.24. The molecular weight excluding hydrogens is 262 g/mol. The molecule has 1 amide bonds. The number of benzene rings is 1. The number of amides is 1. The number of carbonyl (C=O) groups excluding carboxylic acids is 1. The van der Waals surface area contributed by atoms with Crippen molar-refractivity contribution in [1.82, 2.24) is 5.32 Å². The summed E-state index contributed by atoms with van der Waals surface area (Å²) in [5.74, 6) is -0.434. The number of rotatable bonds is 6. The van der Waals surface area contributed by atoms with Gasteiger partial charge >= 0.3 is 5.69 Å². The summed E-state index contributed by atoms with van der Waals surface area (Å²) in [4.78, 5) is 21.9. The Morgan fingerprint density at radius 3 is 2.55 bits per heavy atom. The Kier molecular flexibility index (Phi) is 4.67. The van der Waals surface area contributed by atoms with E-state index in [1.54, 1.807) is 33.9 Å². The summed E-state index contributed by atoms with van der Waals surface area (Å²) in [5, 5.41) is 13.8. The minimum atomic E-state index is -1.09. The number of nitro groups is 1. The Morgan fingerprint density at radius 2 is 2.10 bits per heavy atom. The van der Waals surface area contributed by atoms with Crippen LogP contribution in [0.4, 0.5) is 5.69 Å². The number of nitrogens with one attached hydrogen (secondary N) is 1. The first-order chi connectivity index (χ1) is 9.21. The van der Waals surface area contributed by atoms with E-state index >= 15 is 0 Å². The molecule has 0 aliphatic heterocycles. The predicted octanol–water partition coefficient (Wildman–Crippen LogP) is 1.05. The number of hydrogen-bond acceptors (Lipinski definition) is 5. The van der Waals surface area contributed by atoms with Gasteiger partial charge in [-0.2, -0.15) is 0 Å². The average Bonchev–Trinajstić information content (AvgIpc) is 2.36. The van der Waals surface area contributed by atoms with Crippen molar-refractivity contribution >= 4 is 11.6 Å². The van der Waals surface area contributed by atoms with Crippen LogP contribution in [0.25, 0.3) is 0 Å². The molecule has 0 aliphatic carbocycles. The highest BCUT2D eigenvalue weighted by Crippen LogP contribution is 2.32. The standard InChI is InChI=1S/C13H19N3O4/c1-8-5-9(2)11(10(6-8)16(18)19)20-7-13(3,15-4)12(14)17/h5-6,15H,7H2,1-4H3,(H2,14,17). The van der Waals surface area contributed by atoms with Crippen LogP contribution in [0.3, 0.4) is 0 Å². The number of primary amides is 1. The Morgan fingerprint density at radius 1 is 1.50 bits per heavy atom. The summed E-state index contributed by atoms with van der Waals surface area (Å²) in [6.45, 7) is 4.97. The summed E-state index contributed by atoms with van der Waals surface area (Å²) in [7, 11) is 1.57. The van der Waals surface area contributed by atoms with Crippen molar-refractivity contribution in [3.8, 4) is 5.75 Å². The van der Waals surface area contributed by atoms with Crippen molar-refractivity contribution < 1.29 is 14.5 Å². The van der Waals surface area contributed by atoms with Gasteiger partial charge in [-0.05, 0) is 38.9 Å². The van der Waals surface area contributed by atoms with Crippen molar-refractivity contribution in [2.45, 2.75) is 26.3 Å². The van der Waals surface area contributed by atoms with Crippen LogP contribution in [0.1, 0.15) is 18.1 Å². The fraction of sp³-hybridized carbons (Fsp3) is 0.462. The van der Waals surface area contributed by atoms with Gasteiger partial charge in [0.2, 0.25) is 5.91 Å². The van der Waals surface area contributed by atoms with Gasteiger partial charge in [-0.3, -0.25) is 14.9 Å². The predicted molar refractivity (Wildman–Crippen MR) is 74.7 cm³/mol. The molecule has 20 heavy (non-hydrogen) atoms. The van der Waals surface area contributed by atoms with E-state index < -0.39 is 16.4 Å². The molecule has 7 nitrogen and oxygen atoms in total. The molecule has 110 valence electrons. The maximum Gasteiger partial charge on any atom is 0.311 e.